The van der Waals surface area contributed by atoms with Crippen LogP contribution in [0.1, 0.15) is 24.8 Å². The van der Waals surface area contributed by atoms with Crippen molar-refractivity contribution in [3.63, 3.8) is 0 Å². The van der Waals surface area contributed by atoms with Gasteiger partial charge >= 0.3 is 0 Å². The molecule has 126 valence electrons. The minimum atomic E-state index is -0.380. The van der Waals surface area contributed by atoms with Crippen LogP contribution >= 0.6 is 0 Å². The molecule has 2 heterocycles. The van der Waals surface area contributed by atoms with Crippen LogP contribution in [0, 0.1) is 5.82 Å². The van der Waals surface area contributed by atoms with Crippen LogP contribution in [0.4, 0.5) is 4.39 Å². The first-order chi connectivity index (χ1) is 11.7. The lowest BCUT2D eigenvalue weighted by molar-refractivity contribution is -0.123. The fourth-order valence-corrected chi connectivity index (χ4v) is 2.57. The molecule has 0 aliphatic carbocycles. The number of nitrogens with one attached hydrogen (secondary N) is 1. The SMILES string of the molecule is O=C(C[C@H]1CCCO1)NCc1cccnc1Oc1cccc(F)c1. The summed E-state index contributed by atoms with van der Waals surface area (Å²) in [5.41, 5.74) is 0.724. The van der Waals surface area contributed by atoms with Crippen LogP contribution in [-0.2, 0) is 16.1 Å². The van der Waals surface area contributed by atoms with Crippen molar-refractivity contribution in [3.05, 3.63) is 54.0 Å². The number of hydrogen-bond donors (Lipinski definition) is 1. The molecule has 1 N–H and O–H groups in total. The van der Waals surface area contributed by atoms with Crippen LogP contribution in [0.5, 0.6) is 11.6 Å². The van der Waals surface area contributed by atoms with Crippen LogP contribution in [0.2, 0.25) is 0 Å². The number of carbonyl (C=O) groups excluding carboxylic acids is 1. The number of hydrogen-bond acceptors (Lipinski definition) is 4. The fraction of sp³-hybridized carbons (Fsp3) is 0.333. The Morgan fingerprint density at radius 1 is 1.38 bits per heavy atom. The lowest BCUT2D eigenvalue weighted by Gasteiger charge is -2.12. The molecule has 1 saturated heterocycles. The van der Waals surface area contributed by atoms with Crippen molar-refractivity contribution in [3.8, 4) is 11.6 Å². The predicted octanol–water partition coefficient (Wildman–Crippen LogP) is 3.20. The number of ether oxygens (including phenoxy) is 2. The molecule has 0 unspecified atom stereocenters. The Labute approximate surface area is 139 Å². The molecule has 1 aromatic carbocycles. The molecule has 1 amide bonds. The van der Waals surface area contributed by atoms with Crippen LogP contribution in [-0.4, -0.2) is 23.6 Å². The van der Waals surface area contributed by atoms with E-state index < -0.39 is 0 Å². The number of rotatable bonds is 6. The number of carbonyl (C=O) groups is 1. The van der Waals surface area contributed by atoms with Crippen molar-refractivity contribution in [1.29, 1.82) is 0 Å². The van der Waals surface area contributed by atoms with Crippen molar-refractivity contribution in [1.82, 2.24) is 10.3 Å². The van der Waals surface area contributed by atoms with Gasteiger partial charge in [0.05, 0.1) is 12.5 Å². The Morgan fingerprint density at radius 2 is 2.29 bits per heavy atom. The Bertz CT molecular complexity index is 702. The molecule has 1 aliphatic rings. The maximum absolute atomic E-state index is 13.2. The monoisotopic (exact) mass is 330 g/mol. The summed E-state index contributed by atoms with van der Waals surface area (Å²) in [6.07, 6.45) is 3.90. The summed E-state index contributed by atoms with van der Waals surface area (Å²) >= 11 is 0. The minimum absolute atomic E-state index is 0.0157. The number of amides is 1. The summed E-state index contributed by atoms with van der Waals surface area (Å²) in [5.74, 6) is 0.262. The van der Waals surface area contributed by atoms with E-state index >= 15 is 0 Å². The van der Waals surface area contributed by atoms with E-state index in [2.05, 4.69) is 10.3 Å². The fourth-order valence-electron chi connectivity index (χ4n) is 2.57. The van der Waals surface area contributed by atoms with Gasteiger partial charge in [-0.2, -0.15) is 0 Å². The number of halogens is 1. The summed E-state index contributed by atoms with van der Waals surface area (Å²) in [6, 6.07) is 9.42. The highest BCUT2D eigenvalue weighted by atomic mass is 19.1. The lowest BCUT2D eigenvalue weighted by Crippen LogP contribution is -2.27. The first-order valence-corrected chi connectivity index (χ1v) is 7.96. The van der Waals surface area contributed by atoms with E-state index in [1.54, 1.807) is 24.4 Å². The van der Waals surface area contributed by atoms with E-state index in [0.717, 1.165) is 25.0 Å². The van der Waals surface area contributed by atoms with Gasteiger partial charge in [-0.15, -0.1) is 0 Å². The van der Waals surface area contributed by atoms with Crippen molar-refractivity contribution < 1.29 is 18.7 Å². The Hall–Kier alpha value is -2.47. The van der Waals surface area contributed by atoms with E-state index in [0.29, 0.717) is 24.6 Å². The number of nitrogens with zero attached hydrogens (tertiary/aromatic N) is 1. The second-order valence-corrected chi connectivity index (χ2v) is 5.64. The third-order valence-electron chi connectivity index (χ3n) is 3.77. The van der Waals surface area contributed by atoms with E-state index in [1.807, 2.05) is 6.07 Å². The Kier molecular flexibility index (Phi) is 5.38. The summed E-state index contributed by atoms with van der Waals surface area (Å²) in [5, 5.41) is 2.85. The zero-order chi connectivity index (χ0) is 16.8. The molecule has 3 rings (SSSR count). The van der Waals surface area contributed by atoms with Gasteiger partial charge in [0, 0.05) is 31.0 Å². The minimum Gasteiger partial charge on any atom is -0.439 e. The smallest absolute Gasteiger partial charge is 0.224 e. The van der Waals surface area contributed by atoms with Crippen LogP contribution in [0.25, 0.3) is 0 Å². The van der Waals surface area contributed by atoms with E-state index in [9.17, 15) is 9.18 Å². The van der Waals surface area contributed by atoms with Gasteiger partial charge in [0.1, 0.15) is 11.6 Å². The lowest BCUT2D eigenvalue weighted by atomic mass is 10.1. The van der Waals surface area contributed by atoms with Gasteiger partial charge in [-0.1, -0.05) is 12.1 Å². The highest BCUT2D eigenvalue weighted by Gasteiger charge is 2.19. The molecule has 24 heavy (non-hydrogen) atoms. The summed E-state index contributed by atoms with van der Waals surface area (Å²) in [7, 11) is 0. The summed E-state index contributed by atoms with van der Waals surface area (Å²) in [4.78, 5) is 16.1. The molecular weight excluding hydrogens is 311 g/mol. The van der Waals surface area contributed by atoms with Crippen molar-refractivity contribution >= 4 is 5.91 Å². The first-order valence-electron chi connectivity index (χ1n) is 7.96. The van der Waals surface area contributed by atoms with Gasteiger partial charge in [0.25, 0.3) is 0 Å². The van der Waals surface area contributed by atoms with Crippen LogP contribution < -0.4 is 10.1 Å². The quantitative estimate of drug-likeness (QED) is 0.883. The molecular formula is C18H19FN2O3. The maximum Gasteiger partial charge on any atom is 0.224 e. The van der Waals surface area contributed by atoms with Crippen molar-refractivity contribution in [2.75, 3.05) is 6.61 Å². The average Bonchev–Trinajstić information content (AvgIpc) is 3.07. The van der Waals surface area contributed by atoms with Gasteiger partial charge < -0.3 is 14.8 Å². The molecule has 0 radical (unpaired) electrons. The molecule has 0 saturated carbocycles. The van der Waals surface area contributed by atoms with E-state index in [-0.39, 0.29) is 17.8 Å². The highest BCUT2D eigenvalue weighted by molar-refractivity contribution is 5.76. The van der Waals surface area contributed by atoms with Gasteiger partial charge in [0.15, 0.2) is 0 Å². The van der Waals surface area contributed by atoms with Crippen molar-refractivity contribution in [2.24, 2.45) is 0 Å². The highest BCUT2D eigenvalue weighted by Crippen LogP contribution is 2.23. The molecule has 5 nitrogen and oxygen atoms in total. The average molecular weight is 330 g/mol. The normalized spacial score (nSPS) is 16.8. The van der Waals surface area contributed by atoms with E-state index in [4.69, 9.17) is 9.47 Å². The Morgan fingerprint density at radius 3 is 3.08 bits per heavy atom. The third-order valence-corrected chi connectivity index (χ3v) is 3.77. The molecule has 6 heteroatoms. The number of pyridine rings is 1. The van der Waals surface area contributed by atoms with Gasteiger partial charge in [0.2, 0.25) is 11.8 Å². The molecule has 0 spiro atoms. The molecule has 1 atom stereocenters. The van der Waals surface area contributed by atoms with Gasteiger partial charge in [-0.25, -0.2) is 9.37 Å². The molecule has 1 fully saturated rings. The van der Waals surface area contributed by atoms with Crippen molar-refractivity contribution in [2.45, 2.75) is 31.9 Å². The molecule has 0 bridgehead atoms. The second kappa shape index (κ2) is 7.88. The topological polar surface area (TPSA) is 60.5 Å². The predicted molar refractivity (Wildman–Crippen MR) is 86.1 cm³/mol. The van der Waals surface area contributed by atoms with Crippen LogP contribution in [0.3, 0.4) is 0 Å². The van der Waals surface area contributed by atoms with E-state index in [1.165, 1.54) is 12.1 Å². The molecule has 1 aromatic heterocycles. The molecule has 1 aliphatic heterocycles. The maximum atomic E-state index is 13.2. The first kappa shape index (κ1) is 16.4. The summed E-state index contributed by atoms with van der Waals surface area (Å²) < 4.78 is 24.3. The zero-order valence-corrected chi connectivity index (χ0v) is 13.2. The molecule has 2 aromatic rings. The third kappa shape index (κ3) is 4.52. The van der Waals surface area contributed by atoms with Gasteiger partial charge in [-0.05, 0) is 31.0 Å². The number of aromatic nitrogens is 1. The largest absolute Gasteiger partial charge is 0.439 e. The Balaban J connectivity index is 1.60. The summed E-state index contributed by atoms with van der Waals surface area (Å²) in [6.45, 7) is 1.02. The van der Waals surface area contributed by atoms with Gasteiger partial charge in [-0.3, -0.25) is 4.79 Å². The van der Waals surface area contributed by atoms with Crippen LogP contribution in [0.15, 0.2) is 42.6 Å². The number of benzene rings is 1. The standard InChI is InChI=1S/C18H19FN2O3/c19-14-5-1-6-16(10-14)24-18-13(4-2-8-20-18)12-21-17(22)11-15-7-3-9-23-15/h1-2,4-6,8,10,15H,3,7,9,11-12H2,(H,21,22)/t15-/m1/s1. The zero-order valence-electron chi connectivity index (χ0n) is 13.2. The second-order valence-electron chi connectivity index (χ2n) is 5.64.